The van der Waals surface area contributed by atoms with Gasteiger partial charge in [0, 0.05) is 12.8 Å². The summed E-state index contributed by atoms with van der Waals surface area (Å²) in [7, 11) is 1.43. The molecular formula is C70H117NO8P+. The number of carbonyl (C=O) groups excluding carboxylic acids is 2. The Balaban J connectivity index is 4.07. The summed E-state index contributed by atoms with van der Waals surface area (Å²) in [5.74, 6) is -0.871. The third kappa shape index (κ3) is 63.1. The molecule has 0 aliphatic heterocycles. The number of quaternary nitrogens is 1. The zero-order valence-electron chi connectivity index (χ0n) is 51.5. The molecule has 0 aliphatic carbocycles. The molecule has 9 nitrogen and oxygen atoms in total. The van der Waals surface area contributed by atoms with E-state index in [1.165, 1.54) is 89.9 Å². The molecule has 0 spiro atoms. The van der Waals surface area contributed by atoms with Crippen molar-refractivity contribution < 1.29 is 42.1 Å². The molecule has 0 aromatic carbocycles. The summed E-state index contributed by atoms with van der Waals surface area (Å²) in [4.78, 5) is 35.7. The van der Waals surface area contributed by atoms with Crippen molar-refractivity contribution >= 4 is 19.8 Å². The minimum Gasteiger partial charge on any atom is -0.462 e. The van der Waals surface area contributed by atoms with Gasteiger partial charge in [0.15, 0.2) is 6.10 Å². The second-order valence-electron chi connectivity index (χ2n) is 21.7. The number of ether oxygens (including phenoxy) is 2. The molecule has 0 bridgehead atoms. The van der Waals surface area contributed by atoms with Gasteiger partial charge in [-0.15, -0.1) is 0 Å². The third-order valence-electron chi connectivity index (χ3n) is 12.9. The fourth-order valence-corrected chi connectivity index (χ4v) is 8.83. The molecule has 2 unspecified atom stereocenters. The van der Waals surface area contributed by atoms with Gasteiger partial charge in [-0.25, -0.2) is 4.57 Å². The fraction of sp³-hybridized carbons (Fsp3) is 0.629. The Bertz CT molecular complexity index is 1860. The lowest BCUT2D eigenvalue weighted by molar-refractivity contribution is -0.870. The zero-order chi connectivity index (χ0) is 58.4. The minimum absolute atomic E-state index is 0.0168. The predicted octanol–water partition coefficient (Wildman–Crippen LogP) is 20.3. The second-order valence-corrected chi connectivity index (χ2v) is 23.1. The quantitative estimate of drug-likeness (QED) is 0.0211. The summed E-state index contributed by atoms with van der Waals surface area (Å²) in [6.07, 6.45) is 88.1. The van der Waals surface area contributed by atoms with Crippen LogP contribution < -0.4 is 0 Å². The van der Waals surface area contributed by atoms with E-state index < -0.39 is 32.5 Å². The number of phosphoric acid groups is 1. The largest absolute Gasteiger partial charge is 0.472 e. The highest BCUT2D eigenvalue weighted by molar-refractivity contribution is 7.47. The molecule has 0 heterocycles. The van der Waals surface area contributed by atoms with Crippen molar-refractivity contribution in [3.8, 4) is 0 Å². The van der Waals surface area contributed by atoms with E-state index in [0.717, 1.165) is 103 Å². The topological polar surface area (TPSA) is 108 Å². The highest BCUT2D eigenvalue weighted by Crippen LogP contribution is 2.43. The predicted molar refractivity (Wildman–Crippen MR) is 343 cm³/mol. The van der Waals surface area contributed by atoms with Crippen molar-refractivity contribution in [3.05, 3.63) is 146 Å². The van der Waals surface area contributed by atoms with Crippen molar-refractivity contribution in [2.24, 2.45) is 0 Å². The number of phosphoric ester groups is 1. The second kappa shape index (κ2) is 59.5. The summed E-state index contributed by atoms with van der Waals surface area (Å²) in [6.45, 7) is 4.13. The number of hydrogen-bond donors (Lipinski definition) is 1. The van der Waals surface area contributed by atoms with Gasteiger partial charge in [-0.3, -0.25) is 18.6 Å². The van der Waals surface area contributed by atoms with Gasteiger partial charge in [-0.2, -0.15) is 0 Å². The molecular weight excluding hydrogens is 1010 g/mol. The molecule has 0 rings (SSSR count). The molecule has 1 N–H and O–H groups in total. The minimum atomic E-state index is -4.41. The number of allylic oxidation sites excluding steroid dienone is 24. The molecule has 2 atom stereocenters. The lowest BCUT2D eigenvalue weighted by Gasteiger charge is -2.24. The maximum atomic E-state index is 12.8. The van der Waals surface area contributed by atoms with E-state index in [-0.39, 0.29) is 26.1 Å². The van der Waals surface area contributed by atoms with Crippen LogP contribution in [0.2, 0.25) is 0 Å². The van der Waals surface area contributed by atoms with Crippen molar-refractivity contribution in [1.82, 2.24) is 0 Å². The number of rotatable bonds is 56. The Labute approximate surface area is 491 Å². The van der Waals surface area contributed by atoms with Crippen LogP contribution in [-0.2, 0) is 32.7 Å². The van der Waals surface area contributed by atoms with E-state index in [0.29, 0.717) is 23.9 Å². The standard InChI is InChI=1S/C70H116NO8P/c1-6-8-10-12-14-16-18-20-22-24-25-26-27-28-29-30-31-32-33-34-35-36-37-38-39-40-41-42-43-44-45-47-49-51-53-55-57-59-61-63-70(73)79-68(67-78-80(74,75)77-65-64-71(3,4)5)66-76-69(72)62-60-58-56-54-52-50-48-46-23-21-19-17-15-13-11-9-7-2/h8-11,14-17,20-23,25-26,28-29,31-32,34-35,48,50,54,56,68H,6-7,12-13,18-19,24,27,30,33,36-47,49,51-53,55,57-67H2,1-5H3/p+1/b10-8-,11-9-,16-14-,17-15-,22-20-,23-21-,26-25-,29-28-,32-31-,35-34-,50-48-,56-54-. The van der Waals surface area contributed by atoms with Crippen molar-refractivity contribution in [1.29, 1.82) is 0 Å². The SMILES string of the molecule is CC/C=C\C/C=C\C/C=C\C/C=C\C/C=C\C/C=C\C/C=C\CCCCCCCCCCCCCCCCCCCC(=O)OC(COC(=O)CCC/C=C\C/C=C\C/C=C\C/C=C\C/C=C\CC)COP(=O)(O)OCC[N+](C)(C)C. The van der Waals surface area contributed by atoms with E-state index in [4.69, 9.17) is 18.5 Å². The van der Waals surface area contributed by atoms with Crippen LogP contribution in [-0.4, -0.2) is 74.9 Å². The molecule has 0 aliphatic rings. The van der Waals surface area contributed by atoms with Crippen LogP contribution in [0, 0.1) is 0 Å². The van der Waals surface area contributed by atoms with Crippen LogP contribution >= 0.6 is 7.82 Å². The third-order valence-corrected chi connectivity index (χ3v) is 13.8. The van der Waals surface area contributed by atoms with Crippen LogP contribution in [0.25, 0.3) is 0 Å². The Kier molecular flexibility index (Phi) is 56.5. The van der Waals surface area contributed by atoms with E-state index in [2.05, 4.69) is 160 Å². The smallest absolute Gasteiger partial charge is 0.462 e. The normalized spacial score (nSPS) is 14.2. The van der Waals surface area contributed by atoms with Crippen LogP contribution in [0.15, 0.2) is 146 Å². The molecule has 0 saturated carbocycles. The number of carbonyl (C=O) groups is 2. The molecule has 80 heavy (non-hydrogen) atoms. The van der Waals surface area contributed by atoms with Crippen LogP contribution in [0.4, 0.5) is 0 Å². The van der Waals surface area contributed by atoms with Gasteiger partial charge < -0.3 is 18.9 Å². The van der Waals surface area contributed by atoms with Crippen molar-refractivity contribution in [3.63, 3.8) is 0 Å². The summed E-state index contributed by atoms with van der Waals surface area (Å²) in [6, 6.07) is 0. The van der Waals surface area contributed by atoms with Crippen molar-refractivity contribution in [2.75, 3.05) is 47.5 Å². The van der Waals surface area contributed by atoms with Gasteiger partial charge in [0.05, 0.1) is 27.7 Å². The molecule has 0 radical (unpaired) electrons. The number of hydrogen-bond acceptors (Lipinski definition) is 7. The number of nitrogens with zero attached hydrogens (tertiary/aromatic N) is 1. The first kappa shape index (κ1) is 75.9. The van der Waals surface area contributed by atoms with E-state index in [1.807, 2.05) is 21.1 Å². The first-order valence-electron chi connectivity index (χ1n) is 31.6. The maximum absolute atomic E-state index is 12.8. The molecule has 0 aromatic rings. The molecule has 10 heteroatoms. The first-order valence-corrected chi connectivity index (χ1v) is 33.1. The molecule has 454 valence electrons. The summed E-state index contributed by atoms with van der Waals surface area (Å²) < 4.78 is 34.5. The van der Waals surface area contributed by atoms with Gasteiger partial charge in [0.25, 0.3) is 0 Å². The maximum Gasteiger partial charge on any atom is 0.472 e. The fourth-order valence-electron chi connectivity index (χ4n) is 8.09. The summed E-state index contributed by atoms with van der Waals surface area (Å²) in [5.41, 5.74) is 0. The Morgan fingerprint density at radius 1 is 0.388 bits per heavy atom. The monoisotopic (exact) mass is 1130 g/mol. The highest BCUT2D eigenvalue weighted by Gasteiger charge is 2.27. The van der Waals surface area contributed by atoms with Gasteiger partial charge >= 0.3 is 19.8 Å². The van der Waals surface area contributed by atoms with E-state index in [1.54, 1.807) is 0 Å². The average Bonchev–Trinajstić information content (AvgIpc) is 3.42. The van der Waals surface area contributed by atoms with Gasteiger partial charge in [0.2, 0.25) is 0 Å². The molecule has 0 amide bonds. The zero-order valence-corrected chi connectivity index (χ0v) is 52.4. The van der Waals surface area contributed by atoms with Crippen molar-refractivity contribution in [2.45, 2.75) is 238 Å². The Hall–Kier alpha value is -4.11. The lowest BCUT2D eigenvalue weighted by atomic mass is 10.0. The number of likely N-dealkylation sites (N-methyl/N-ethyl adjacent to an activating group) is 1. The van der Waals surface area contributed by atoms with Crippen LogP contribution in [0.5, 0.6) is 0 Å². The Morgan fingerprint density at radius 2 is 0.688 bits per heavy atom. The summed E-state index contributed by atoms with van der Waals surface area (Å²) >= 11 is 0. The van der Waals surface area contributed by atoms with Gasteiger partial charge in [0.1, 0.15) is 19.8 Å². The highest BCUT2D eigenvalue weighted by atomic mass is 31.2. The van der Waals surface area contributed by atoms with E-state index >= 15 is 0 Å². The summed E-state index contributed by atoms with van der Waals surface area (Å²) in [5, 5.41) is 0. The Morgan fingerprint density at radius 3 is 1.04 bits per heavy atom. The van der Waals surface area contributed by atoms with Gasteiger partial charge in [-0.05, 0) is 109 Å². The lowest BCUT2D eigenvalue weighted by Crippen LogP contribution is -2.37. The average molecular weight is 1130 g/mol. The van der Waals surface area contributed by atoms with Crippen LogP contribution in [0.1, 0.15) is 232 Å². The number of esters is 2. The first-order chi connectivity index (χ1) is 39.0. The number of unbranched alkanes of at least 4 members (excludes halogenated alkanes) is 18. The van der Waals surface area contributed by atoms with E-state index in [9.17, 15) is 19.0 Å². The van der Waals surface area contributed by atoms with Crippen LogP contribution in [0.3, 0.4) is 0 Å². The molecule has 0 fully saturated rings. The molecule has 0 saturated heterocycles. The van der Waals surface area contributed by atoms with Gasteiger partial charge in [-0.1, -0.05) is 256 Å². The molecule has 0 aromatic heterocycles.